The lowest BCUT2D eigenvalue weighted by atomic mass is 10.2. The summed E-state index contributed by atoms with van der Waals surface area (Å²) in [7, 11) is 0. The minimum absolute atomic E-state index is 0.229. The number of thioether (sulfide) groups is 1. The van der Waals surface area contributed by atoms with Crippen LogP contribution in [0.3, 0.4) is 0 Å². The second-order valence-electron chi connectivity index (χ2n) is 4.38. The number of rotatable bonds is 6. The Balaban J connectivity index is 2.07. The molecule has 0 bridgehead atoms. The molecule has 0 amide bonds. The van der Waals surface area contributed by atoms with Gasteiger partial charge in [-0.25, -0.2) is 0 Å². The highest BCUT2D eigenvalue weighted by atomic mass is 35.5. The molecule has 0 atom stereocenters. The zero-order chi connectivity index (χ0) is 15.9. The summed E-state index contributed by atoms with van der Waals surface area (Å²) in [6, 6.07) is 9.77. The number of hydrogen-bond donors (Lipinski definition) is 1. The van der Waals surface area contributed by atoms with Crippen molar-refractivity contribution in [1.29, 1.82) is 0 Å². The monoisotopic (exact) mass is 353 g/mol. The van der Waals surface area contributed by atoms with Crippen LogP contribution in [0.2, 0.25) is 5.02 Å². The minimum Gasteiger partial charge on any atom is -0.379 e. The molecule has 1 heterocycles. The molecule has 0 spiro atoms. The van der Waals surface area contributed by atoms with E-state index in [1.54, 1.807) is 18.0 Å². The fourth-order valence-corrected chi connectivity index (χ4v) is 3.11. The van der Waals surface area contributed by atoms with Crippen LogP contribution in [-0.2, 0) is 4.28 Å². The molecule has 0 fully saturated rings. The standard InChI is InChI=1S/C15H16ClN3OS2/c1-3-21-13-8-11(16)9-18-14(13)15(17)19-20-22-12-6-4-10(2)5-7-12/h4-9H,3H2,1-2H3,(H2,17,19). The van der Waals surface area contributed by atoms with E-state index in [1.807, 2.05) is 44.2 Å². The van der Waals surface area contributed by atoms with E-state index >= 15 is 0 Å². The zero-order valence-electron chi connectivity index (χ0n) is 12.2. The Labute approximate surface area is 143 Å². The molecular formula is C15H16ClN3OS2. The van der Waals surface area contributed by atoms with Crippen LogP contribution in [0, 0.1) is 6.92 Å². The van der Waals surface area contributed by atoms with E-state index in [1.165, 1.54) is 5.56 Å². The summed E-state index contributed by atoms with van der Waals surface area (Å²) in [5.74, 6) is 1.12. The van der Waals surface area contributed by atoms with Gasteiger partial charge in [0, 0.05) is 11.1 Å². The fraction of sp³-hybridized carbons (Fsp3) is 0.200. The summed E-state index contributed by atoms with van der Waals surface area (Å²) < 4.78 is 5.24. The highest BCUT2D eigenvalue weighted by Crippen LogP contribution is 2.25. The zero-order valence-corrected chi connectivity index (χ0v) is 14.6. The van der Waals surface area contributed by atoms with Crippen LogP contribution >= 0.6 is 35.4 Å². The van der Waals surface area contributed by atoms with E-state index in [-0.39, 0.29) is 5.84 Å². The topological polar surface area (TPSA) is 60.5 Å². The van der Waals surface area contributed by atoms with Crippen LogP contribution in [0.1, 0.15) is 18.2 Å². The molecule has 0 aliphatic heterocycles. The van der Waals surface area contributed by atoms with Crippen molar-refractivity contribution >= 4 is 41.2 Å². The molecule has 0 aliphatic carbocycles. The lowest BCUT2D eigenvalue weighted by Gasteiger charge is -2.06. The first-order chi connectivity index (χ1) is 10.6. The van der Waals surface area contributed by atoms with Crippen molar-refractivity contribution in [3.05, 3.63) is 52.8 Å². The molecule has 116 valence electrons. The van der Waals surface area contributed by atoms with Gasteiger partial charge in [-0.3, -0.25) is 4.98 Å². The van der Waals surface area contributed by atoms with Gasteiger partial charge in [0.15, 0.2) is 5.84 Å². The average molecular weight is 354 g/mol. The number of aromatic nitrogens is 1. The van der Waals surface area contributed by atoms with Crippen molar-refractivity contribution in [3.8, 4) is 0 Å². The predicted octanol–water partition coefficient (Wildman–Crippen LogP) is 4.50. The van der Waals surface area contributed by atoms with Crippen molar-refractivity contribution in [2.24, 2.45) is 10.9 Å². The maximum atomic E-state index is 5.96. The van der Waals surface area contributed by atoms with Crippen molar-refractivity contribution in [2.75, 3.05) is 5.75 Å². The van der Waals surface area contributed by atoms with E-state index in [9.17, 15) is 0 Å². The number of amidine groups is 1. The number of halogens is 1. The second-order valence-corrected chi connectivity index (χ2v) is 6.91. The quantitative estimate of drug-likeness (QED) is 0.272. The molecule has 1 aromatic heterocycles. The third kappa shape index (κ3) is 4.83. The van der Waals surface area contributed by atoms with Crippen molar-refractivity contribution in [3.63, 3.8) is 0 Å². The Morgan fingerprint density at radius 1 is 1.36 bits per heavy atom. The van der Waals surface area contributed by atoms with Gasteiger partial charge in [-0.15, -0.1) is 11.8 Å². The van der Waals surface area contributed by atoms with Gasteiger partial charge in [0.25, 0.3) is 0 Å². The first-order valence-corrected chi connectivity index (χ1v) is 8.73. The number of nitrogens with zero attached hydrogens (tertiary/aromatic N) is 2. The van der Waals surface area contributed by atoms with Crippen LogP contribution < -0.4 is 5.73 Å². The molecule has 0 saturated heterocycles. The summed E-state index contributed by atoms with van der Waals surface area (Å²) in [4.78, 5) is 6.08. The number of oxime groups is 1. The third-order valence-corrected chi connectivity index (χ3v) is 4.38. The Hall–Kier alpha value is -1.37. The van der Waals surface area contributed by atoms with Gasteiger partial charge < -0.3 is 10.0 Å². The molecule has 22 heavy (non-hydrogen) atoms. The summed E-state index contributed by atoms with van der Waals surface area (Å²) in [6.07, 6.45) is 1.55. The lowest BCUT2D eigenvalue weighted by Crippen LogP contribution is -2.16. The maximum absolute atomic E-state index is 5.96. The molecule has 0 radical (unpaired) electrons. The van der Waals surface area contributed by atoms with Crippen LogP contribution in [0.25, 0.3) is 0 Å². The molecule has 4 nitrogen and oxygen atoms in total. The van der Waals surface area contributed by atoms with Crippen LogP contribution in [0.15, 0.2) is 51.5 Å². The van der Waals surface area contributed by atoms with E-state index in [0.29, 0.717) is 10.7 Å². The van der Waals surface area contributed by atoms with Gasteiger partial charge >= 0.3 is 0 Å². The highest BCUT2D eigenvalue weighted by molar-refractivity contribution is 7.99. The minimum atomic E-state index is 0.229. The first-order valence-electron chi connectivity index (χ1n) is 6.62. The summed E-state index contributed by atoms with van der Waals surface area (Å²) in [5.41, 5.74) is 7.73. The number of nitrogens with two attached hydrogens (primary N) is 1. The predicted molar refractivity (Wildman–Crippen MR) is 94.5 cm³/mol. The van der Waals surface area contributed by atoms with Crippen LogP contribution in [0.5, 0.6) is 0 Å². The van der Waals surface area contributed by atoms with E-state index in [4.69, 9.17) is 21.6 Å². The highest BCUT2D eigenvalue weighted by Gasteiger charge is 2.10. The molecular weight excluding hydrogens is 338 g/mol. The SMILES string of the molecule is CCSc1cc(Cl)cnc1/C(N)=N/OSc1ccc(C)cc1. The molecule has 1 aromatic carbocycles. The van der Waals surface area contributed by atoms with Crippen molar-refractivity contribution < 1.29 is 4.28 Å². The third-order valence-electron chi connectivity index (χ3n) is 2.65. The Bertz CT molecular complexity index is 662. The average Bonchev–Trinajstić information content (AvgIpc) is 2.49. The molecule has 2 N–H and O–H groups in total. The van der Waals surface area contributed by atoms with Gasteiger partial charge in [0.1, 0.15) is 17.7 Å². The Kier molecular flexibility index (Phi) is 6.42. The molecule has 2 rings (SSSR count). The molecule has 0 aliphatic rings. The number of pyridine rings is 1. The lowest BCUT2D eigenvalue weighted by molar-refractivity contribution is 0.404. The molecule has 0 saturated carbocycles. The Morgan fingerprint density at radius 3 is 2.77 bits per heavy atom. The summed E-state index contributed by atoms with van der Waals surface area (Å²) in [6.45, 7) is 4.08. The van der Waals surface area contributed by atoms with E-state index in [0.717, 1.165) is 27.6 Å². The normalized spacial score (nSPS) is 11.5. The molecule has 7 heteroatoms. The van der Waals surface area contributed by atoms with E-state index in [2.05, 4.69) is 10.1 Å². The Morgan fingerprint density at radius 2 is 2.09 bits per heavy atom. The van der Waals surface area contributed by atoms with Crippen molar-refractivity contribution in [2.45, 2.75) is 23.6 Å². The summed E-state index contributed by atoms with van der Waals surface area (Å²) in [5, 5.41) is 4.49. The maximum Gasteiger partial charge on any atom is 0.191 e. The number of aryl methyl sites for hydroxylation is 1. The number of benzene rings is 1. The second kappa shape index (κ2) is 8.31. The molecule has 2 aromatic rings. The fourth-order valence-electron chi connectivity index (χ4n) is 1.62. The number of hydrogen-bond acceptors (Lipinski definition) is 5. The largest absolute Gasteiger partial charge is 0.379 e. The van der Waals surface area contributed by atoms with Gasteiger partial charge in [-0.1, -0.05) is 41.4 Å². The first kappa shape index (κ1) is 17.0. The van der Waals surface area contributed by atoms with Crippen LogP contribution in [0.4, 0.5) is 0 Å². The van der Waals surface area contributed by atoms with Crippen molar-refractivity contribution in [1.82, 2.24) is 4.98 Å². The summed E-state index contributed by atoms with van der Waals surface area (Å²) >= 11 is 8.71. The van der Waals surface area contributed by atoms with Gasteiger partial charge in [0.05, 0.1) is 9.92 Å². The van der Waals surface area contributed by atoms with Gasteiger partial charge in [-0.2, -0.15) is 0 Å². The van der Waals surface area contributed by atoms with Gasteiger partial charge in [-0.05, 0) is 30.9 Å². The van der Waals surface area contributed by atoms with Gasteiger partial charge in [0.2, 0.25) is 0 Å². The smallest absolute Gasteiger partial charge is 0.191 e. The van der Waals surface area contributed by atoms with Crippen LogP contribution in [-0.4, -0.2) is 16.6 Å². The molecule has 0 unspecified atom stereocenters. The van der Waals surface area contributed by atoms with E-state index < -0.39 is 0 Å².